The second-order valence-electron chi connectivity index (χ2n) is 3.54. The second kappa shape index (κ2) is 4.62. The van der Waals surface area contributed by atoms with Crippen molar-refractivity contribution in [1.29, 1.82) is 0 Å². The van der Waals surface area contributed by atoms with Gasteiger partial charge in [0.15, 0.2) is 5.75 Å². The highest BCUT2D eigenvalue weighted by Crippen LogP contribution is 2.30. The van der Waals surface area contributed by atoms with Gasteiger partial charge >= 0.3 is 0 Å². The number of aryl methyl sites for hydroxylation is 1. The molecular formula is C14H13NO. The molecule has 80 valence electrons. The van der Waals surface area contributed by atoms with Crippen LogP contribution in [-0.2, 0) is 0 Å². The Morgan fingerprint density at radius 2 is 1.69 bits per heavy atom. The van der Waals surface area contributed by atoms with Gasteiger partial charge in [-0.1, -0.05) is 29.8 Å². The van der Waals surface area contributed by atoms with Crippen molar-refractivity contribution in [1.82, 2.24) is 0 Å². The van der Waals surface area contributed by atoms with Gasteiger partial charge in [-0.05, 0) is 37.9 Å². The van der Waals surface area contributed by atoms with Crippen molar-refractivity contribution in [2.75, 3.05) is 0 Å². The van der Waals surface area contributed by atoms with Gasteiger partial charge in [0.2, 0.25) is 0 Å². The Morgan fingerprint density at radius 1 is 1.00 bits per heavy atom. The van der Waals surface area contributed by atoms with E-state index in [2.05, 4.69) is 11.7 Å². The van der Waals surface area contributed by atoms with Crippen LogP contribution in [0.2, 0.25) is 0 Å². The lowest BCUT2D eigenvalue weighted by Crippen LogP contribution is -1.84. The lowest BCUT2D eigenvalue weighted by molar-refractivity contribution is 0.484. The van der Waals surface area contributed by atoms with Crippen molar-refractivity contribution < 1.29 is 4.74 Å². The third-order valence-corrected chi connectivity index (χ3v) is 2.28. The minimum Gasteiger partial charge on any atom is -0.455 e. The highest BCUT2D eigenvalue weighted by Gasteiger charge is 2.01. The molecule has 2 heteroatoms. The van der Waals surface area contributed by atoms with Crippen LogP contribution in [0.4, 0.5) is 5.69 Å². The van der Waals surface area contributed by atoms with Crippen LogP contribution >= 0.6 is 0 Å². The van der Waals surface area contributed by atoms with Gasteiger partial charge < -0.3 is 4.74 Å². The van der Waals surface area contributed by atoms with Crippen LogP contribution in [0, 0.1) is 6.92 Å². The Balaban J connectivity index is 2.26. The molecule has 0 saturated carbocycles. The zero-order valence-electron chi connectivity index (χ0n) is 9.18. The maximum atomic E-state index is 5.72. The Bertz CT molecular complexity index is 488. The highest BCUT2D eigenvalue weighted by atomic mass is 16.5. The summed E-state index contributed by atoms with van der Waals surface area (Å²) in [6.07, 6.45) is 0. The zero-order chi connectivity index (χ0) is 11.4. The van der Waals surface area contributed by atoms with E-state index < -0.39 is 0 Å². The van der Waals surface area contributed by atoms with Crippen LogP contribution in [0.25, 0.3) is 0 Å². The lowest BCUT2D eigenvalue weighted by atomic mass is 10.2. The first-order valence-corrected chi connectivity index (χ1v) is 5.10. The summed E-state index contributed by atoms with van der Waals surface area (Å²) in [4.78, 5) is 3.91. The normalized spacial score (nSPS) is 9.81. The van der Waals surface area contributed by atoms with Crippen molar-refractivity contribution in [2.45, 2.75) is 6.92 Å². The zero-order valence-corrected chi connectivity index (χ0v) is 9.18. The molecule has 0 heterocycles. The average molecular weight is 211 g/mol. The summed E-state index contributed by atoms with van der Waals surface area (Å²) in [5.74, 6) is 1.53. The molecule has 0 aromatic heterocycles. The van der Waals surface area contributed by atoms with Crippen molar-refractivity contribution in [2.24, 2.45) is 4.99 Å². The standard InChI is InChI=1S/C14H13NO/c1-11-7-9-12(10-8-11)16-14-6-4-3-5-13(14)15-2/h3-10H,2H2,1H3. The first kappa shape index (κ1) is 10.4. The fraction of sp³-hybridized carbons (Fsp3) is 0.0714. The Morgan fingerprint density at radius 3 is 2.38 bits per heavy atom. The summed E-state index contributed by atoms with van der Waals surface area (Å²) < 4.78 is 5.72. The van der Waals surface area contributed by atoms with E-state index in [1.54, 1.807) is 0 Å². The van der Waals surface area contributed by atoms with Gasteiger partial charge in [-0.25, -0.2) is 0 Å². The Labute approximate surface area is 95.2 Å². The van der Waals surface area contributed by atoms with E-state index >= 15 is 0 Å². The predicted octanol–water partition coefficient (Wildman–Crippen LogP) is 4.12. The molecule has 0 bridgehead atoms. The van der Waals surface area contributed by atoms with Gasteiger partial charge in [-0.15, -0.1) is 0 Å². The fourth-order valence-electron chi connectivity index (χ4n) is 1.41. The Kier molecular flexibility index (Phi) is 3.01. The van der Waals surface area contributed by atoms with Crippen LogP contribution < -0.4 is 4.74 Å². The number of benzene rings is 2. The smallest absolute Gasteiger partial charge is 0.152 e. The topological polar surface area (TPSA) is 21.6 Å². The van der Waals surface area contributed by atoms with Gasteiger partial charge in [0, 0.05) is 0 Å². The van der Waals surface area contributed by atoms with E-state index in [0.717, 1.165) is 17.2 Å². The minimum atomic E-state index is 0.723. The van der Waals surface area contributed by atoms with E-state index in [4.69, 9.17) is 4.74 Å². The van der Waals surface area contributed by atoms with Gasteiger partial charge in [-0.3, -0.25) is 4.99 Å². The highest BCUT2D eigenvalue weighted by molar-refractivity contribution is 5.56. The van der Waals surface area contributed by atoms with Crippen molar-refractivity contribution in [3.63, 3.8) is 0 Å². The van der Waals surface area contributed by atoms with Gasteiger partial charge in [0.1, 0.15) is 11.4 Å². The molecule has 2 nitrogen and oxygen atoms in total. The number of hydrogen-bond acceptors (Lipinski definition) is 2. The molecule has 0 unspecified atom stereocenters. The summed E-state index contributed by atoms with van der Waals surface area (Å²) >= 11 is 0. The summed E-state index contributed by atoms with van der Waals surface area (Å²) in [6, 6.07) is 15.5. The molecule has 0 spiro atoms. The van der Waals surface area contributed by atoms with Crippen molar-refractivity contribution >= 4 is 12.4 Å². The summed E-state index contributed by atoms with van der Waals surface area (Å²) in [6.45, 7) is 5.56. The fourth-order valence-corrected chi connectivity index (χ4v) is 1.41. The monoisotopic (exact) mass is 211 g/mol. The third-order valence-electron chi connectivity index (χ3n) is 2.28. The van der Waals surface area contributed by atoms with Crippen LogP contribution in [0.3, 0.4) is 0 Å². The number of ether oxygens (including phenoxy) is 1. The molecule has 2 aromatic rings. The van der Waals surface area contributed by atoms with E-state index in [9.17, 15) is 0 Å². The number of nitrogens with zero attached hydrogens (tertiary/aromatic N) is 1. The van der Waals surface area contributed by atoms with Crippen LogP contribution in [0.5, 0.6) is 11.5 Å². The molecule has 0 saturated heterocycles. The van der Waals surface area contributed by atoms with Crippen molar-refractivity contribution in [3.05, 3.63) is 54.1 Å². The molecule has 0 aliphatic rings. The Hall–Kier alpha value is -2.09. The number of hydrogen-bond donors (Lipinski definition) is 0. The maximum absolute atomic E-state index is 5.72. The number of rotatable bonds is 3. The van der Waals surface area contributed by atoms with Crippen LogP contribution in [0.15, 0.2) is 53.5 Å². The molecule has 0 fully saturated rings. The molecule has 0 atom stereocenters. The molecule has 0 amide bonds. The van der Waals surface area contributed by atoms with E-state index in [1.165, 1.54) is 5.56 Å². The average Bonchev–Trinajstić information content (AvgIpc) is 2.33. The number of para-hydroxylation sites is 2. The largest absolute Gasteiger partial charge is 0.455 e. The summed E-state index contributed by atoms with van der Waals surface area (Å²) in [7, 11) is 0. The molecular weight excluding hydrogens is 198 g/mol. The molecule has 0 N–H and O–H groups in total. The number of aliphatic imine (C=N–C) groups is 1. The first-order valence-electron chi connectivity index (χ1n) is 5.10. The van der Waals surface area contributed by atoms with E-state index in [0.29, 0.717) is 0 Å². The molecule has 2 aromatic carbocycles. The molecule has 0 aliphatic carbocycles. The van der Waals surface area contributed by atoms with E-state index in [1.807, 2.05) is 55.5 Å². The van der Waals surface area contributed by atoms with Crippen LogP contribution in [0.1, 0.15) is 5.56 Å². The van der Waals surface area contributed by atoms with Crippen molar-refractivity contribution in [3.8, 4) is 11.5 Å². The lowest BCUT2D eigenvalue weighted by Gasteiger charge is -2.07. The van der Waals surface area contributed by atoms with E-state index in [-0.39, 0.29) is 0 Å². The summed E-state index contributed by atoms with van der Waals surface area (Å²) in [5.41, 5.74) is 1.96. The quantitative estimate of drug-likeness (QED) is 0.700. The maximum Gasteiger partial charge on any atom is 0.152 e. The molecule has 0 radical (unpaired) electrons. The molecule has 16 heavy (non-hydrogen) atoms. The predicted molar refractivity (Wildman–Crippen MR) is 66.9 cm³/mol. The molecule has 0 aliphatic heterocycles. The summed E-state index contributed by atoms with van der Waals surface area (Å²) in [5, 5.41) is 0. The van der Waals surface area contributed by atoms with Gasteiger partial charge in [0.05, 0.1) is 0 Å². The SMILES string of the molecule is C=Nc1ccccc1Oc1ccc(C)cc1. The first-order chi connectivity index (χ1) is 7.79. The third kappa shape index (κ3) is 2.28. The van der Waals surface area contributed by atoms with Gasteiger partial charge in [0.25, 0.3) is 0 Å². The minimum absolute atomic E-state index is 0.723. The van der Waals surface area contributed by atoms with Crippen LogP contribution in [-0.4, -0.2) is 6.72 Å². The van der Waals surface area contributed by atoms with Gasteiger partial charge in [-0.2, -0.15) is 0 Å². The molecule has 2 rings (SSSR count). The second-order valence-corrected chi connectivity index (χ2v) is 3.54.